The van der Waals surface area contributed by atoms with Crippen molar-refractivity contribution in [3.63, 3.8) is 0 Å². The Bertz CT molecular complexity index is 1480. The molecule has 5 aromatic rings. The number of tetrazole rings is 1. The molecule has 0 spiro atoms. The zero-order valence-electron chi connectivity index (χ0n) is 20.6. The number of nitrogens with zero attached hydrogens (tertiary/aromatic N) is 7. The number of hydrogen-bond acceptors (Lipinski definition) is 5. The Balaban J connectivity index is 1.52. The van der Waals surface area contributed by atoms with E-state index in [2.05, 4.69) is 44.0 Å². The van der Waals surface area contributed by atoms with E-state index in [1.165, 1.54) is 0 Å². The topological polar surface area (TPSA) is 99.2 Å². The summed E-state index contributed by atoms with van der Waals surface area (Å²) in [5, 5.41) is 14.2. The molecule has 0 atom stereocenters. The fraction of sp³-hybridized carbons (Fsp3) is 0.296. The van der Waals surface area contributed by atoms with Crippen LogP contribution in [0.15, 0.2) is 72.0 Å². The van der Waals surface area contributed by atoms with Crippen LogP contribution >= 0.6 is 0 Å². The SMILES string of the molecule is CCCCc1cn(-c2cccn2CCC)c(=O)n1Cc1cnccc1-c1ccc(-c2nn[nH]n2)cc1. The van der Waals surface area contributed by atoms with Gasteiger partial charge in [0.25, 0.3) is 0 Å². The first-order chi connectivity index (χ1) is 17.7. The van der Waals surface area contributed by atoms with E-state index in [1.54, 1.807) is 10.8 Å². The molecule has 0 saturated carbocycles. The molecule has 4 heterocycles. The maximum Gasteiger partial charge on any atom is 0.334 e. The predicted octanol–water partition coefficient (Wildman–Crippen LogP) is 4.48. The Kier molecular flexibility index (Phi) is 6.88. The van der Waals surface area contributed by atoms with Gasteiger partial charge in [0.15, 0.2) is 0 Å². The third-order valence-electron chi connectivity index (χ3n) is 6.40. The van der Waals surface area contributed by atoms with Gasteiger partial charge < -0.3 is 4.57 Å². The lowest BCUT2D eigenvalue weighted by Crippen LogP contribution is -2.26. The van der Waals surface area contributed by atoms with Crippen molar-refractivity contribution < 1.29 is 0 Å². The number of imidazole rings is 1. The molecule has 0 radical (unpaired) electrons. The number of H-pyrrole nitrogens is 1. The number of hydrogen-bond donors (Lipinski definition) is 1. The second kappa shape index (κ2) is 10.6. The molecule has 0 aliphatic carbocycles. The summed E-state index contributed by atoms with van der Waals surface area (Å²) in [7, 11) is 0. The monoisotopic (exact) mass is 482 g/mol. The quantitative estimate of drug-likeness (QED) is 0.316. The highest BCUT2D eigenvalue weighted by molar-refractivity contribution is 5.69. The Morgan fingerprint density at radius 1 is 1.00 bits per heavy atom. The number of unbranched alkanes of at least 4 members (excludes halogenated alkanes) is 1. The number of nitrogens with one attached hydrogen (secondary N) is 1. The summed E-state index contributed by atoms with van der Waals surface area (Å²) >= 11 is 0. The molecule has 184 valence electrons. The first-order valence-corrected chi connectivity index (χ1v) is 12.4. The number of benzene rings is 1. The van der Waals surface area contributed by atoms with E-state index in [9.17, 15) is 4.79 Å². The normalized spacial score (nSPS) is 11.3. The second-order valence-corrected chi connectivity index (χ2v) is 8.87. The van der Waals surface area contributed by atoms with Crippen LogP contribution < -0.4 is 5.69 Å². The van der Waals surface area contributed by atoms with Crippen LogP contribution in [0.4, 0.5) is 0 Å². The Hall–Kier alpha value is -4.27. The number of rotatable bonds is 10. The molecule has 1 N–H and O–H groups in total. The molecule has 5 rings (SSSR count). The first-order valence-electron chi connectivity index (χ1n) is 12.4. The molecular weight excluding hydrogens is 452 g/mol. The van der Waals surface area contributed by atoms with Crippen molar-refractivity contribution in [3.05, 3.63) is 89.0 Å². The molecule has 36 heavy (non-hydrogen) atoms. The average Bonchev–Trinajstić information content (AvgIpc) is 3.66. The molecule has 0 bridgehead atoms. The van der Waals surface area contributed by atoms with Gasteiger partial charge in [-0.2, -0.15) is 5.21 Å². The van der Waals surface area contributed by atoms with Gasteiger partial charge in [-0.05, 0) is 59.4 Å². The van der Waals surface area contributed by atoms with Gasteiger partial charge in [-0.15, -0.1) is 10.2 Å². The Morgan fingerprint density at radius 2 is 1.83 bits per heavy atom. The average molecular weight is 483 g/mol. The van der Waals surface area contributed by atoms with E-state index in [4.69, 9.17) is 0 Å². The summed E-state index contributed by atoms with van der Waals surface area (Å²) in [5.74, 6) is 1.46. The smallest absolute Gasteiger partial charge is 0.334 e. The number of pyridine rings is 1. The minimum Gasteiger partial charge on any atom is -0.334 e. The van der Waals surface area contributed by atoms with Crippen LogP contribution in [0.1, 0.15) is 44.4 Å². The number of aryl methyl sites for hydroxylation is 2. The molecule has 0 aliphatic rings. The van der Waals surface area contributed by atoms with Gasteiger partial charge in [-0.3, -0.25) is 14.1 Å². The molecule has 9 nitrogen and oxygen atoms in total. The number of aromatic amines is 1. The standard InChI is InChI=1S/C27H30N8O/c1-3-5-7-23-19-35(25-8-6-16-33(25)15-4-2)27(36)34(23)18-22-17-28-14-13-24(22)20-9-11-21(12-10-20)26-29-31-32-30-26/h6,8-14,16-17,19H,3-5,7,15,18H2,1-2H3,(H,29,30,31,32). The second-order valence-electron chi connectivity index (χ2n) is 8.87. The van der Waals surface area contributed by atoms with Gasteiger partial charge in [0.2, 0.25) is 5.82 Å². The highest BCUT2D eigenvalue weighted by Gasteiger charge is 2.17. The van der Waals surface area contributed by atoms with Gasteiger partial charge in [0.05, 0.1) is 6.54 Å². The third-order valence-corrected chi connectivity index (χ3v) is 6.40. The van der Waals surface area contributed by atoms with Gasteiger partial charge in [0, 0.05) is 42.6 Å². The molecule has 1 aromatic carbocycles. The Labute approximate surface area is 209 Å². The van der Waals surface area contributed by atoms with Crippen LogP contribution in [0.25, 0.3) is 28.3 Å². The van der Waals surface area contributed by atoms with E-state index >= 15 is 0 Å². The van der Waals surface area contributed by atoms with Crippen molar-refractivity contribution in [2.24, 2.45) is 0 Å². The summed E-state index contributed by atoms with van der Waals surface area (Å²) in [6.07, 6.45) is 11.6. The largest absolute Gasteiger partial charge is 0.334 e. The summed E-state index contributed by atoms with van der Waals surface area (Å²) in [5.41, 5.74) is 4.96. The lowest BCUT2D eigenvalue weighted by atomic mass is 10.00. The molecule has 9 heteroatoms. The van der Waals surface area contributed by atoms with E-state index in [1.807, 2.05) is 65.6 Å². The van der Waals surface area contributed by atoms with Gasteiger partial charge in [-0.1, -0.05) is 44.5 Å². The van der Waals surface area contributed by atoms with Crippen LogP contribution in [0.3, 0.4) is 0 Å². The number of aromatic nitrogens is 8. The van der Waals surface area contributed by atoms with Gasteiger partial charge in [-0.25, -0.2) is 4.79 Å². The van der Waals surface area contributed by atoms with Crippen molar-refractivity contribution in [1.82, 2.24) is 39.3 Å². The maximum atomic E-state index is 13.7. The lowest BCUT2D eigenvalue weighted by Gasteiger charge is -2.12. The zero-order valence-corrected chi connectivity index (χ0v) is 20.6. The van der Waals surface area contributed by atoms with Crippen molar-refractivity contribution in [2.75, 3.05) is 0 Å². The predicted molar refractivity (Wildman–Crippen MR) is 139 cm³/mol. The first kappa shape index (κ1) is 23.5. The van der Waals surface area contributed by atoms with E-state index < -0.39 is 0 Å². The summed E-state index contributed by atoms with van der Waals surface area (Å²) in [6, 6.07) is 14.0. The third kappa shape index (κ3) is 4.64. The molecule has 0 unspecified atom stereocenters. The van der Waals surface area contributed by atoms with Gasteiger partial charge >= 0.3 is 5.69 Å². The van der Waals surface area contributed by atoms with Crippen molar-refractivity contribution >= 4 is 0 Å². The fourth-order valence-corrected chi connectivity index (χ4v) is 4.56. The van der Waals surface area contributed by atoms with Crippen LogP contribution in [0.5, 0.6) is 0 Å². The maximum absolute atomic E-state index is 13.7. The molecule has 0 aliphatic heterocycles. The van der Waals surface area contributed by atoms with Gasteiger partial charge in [0.1, 0.15) is 5.82 Å². The summed E-state index contributed by atoms with van der Waals surface area (Å²) in [4.78, 5) is 18.1. The molecule has 0 saturated heterocycles. The Morgan fingerprint density at radius 3 is 2.58 bits per heavy atom. The van der Waals surface area contributed by atoms with Crippen molar-refractivity contribution in [1.29, 1.82) is 0 Å². The van der Waals surface area contributed by atoms with Crippen LogP contribution in [0.2, 0.25) is 0 Å². The minimum atomic E-state index is -0.0283. The molecule has 0 amide bonds. The molecular formula is C27H30N8O. The highest BCUT2D eigenvalue weighted by atomic mass is 16.1. The van der Waals surface area contributed by atoms with Crippen molar-refractivity contribution in [3.8, 4) is 28.3 Å². The lowest BCUT2D eigenvalue weighted by molar-refractivity contribution is 0.645. The van der Waals surface area contributed by atoms with Crippen LogP contribution in [-0.2, 0) is 19.5 Å². The fourth-order valence-electron chi connectivity index (χ4n) is 4.56. The van der Waals surface area contributed by atoms with Crippen LogP contribution in [0, 0.1) is 0 Å². The molecule has 0 fully saturated rings. The van der Waals surface area contributed by atoms with Crippen LogP contribution in [-0.4, -0.2) is 39.3 Å². The van der Waals surface area contributed by atoms with Crippen molar-refractivity contribution in [2.45, 2.75) is 52.6 Å². The van der Waals surface area contributed by atoms with E-state index in [0.717, 1.165) is 66.0 Å². The summed E-state index contributed by atoms with van der Waals surface area (Å²) in [6.45, 7) is 5.64. The zero-order chi connectivity index (χ0) is 24.9. The van der Waals surface area contributed by atoms with E-state index in [-0.39, 0.29) is 5.69 Å². The summed E-state index contributed by atoms with van der Waals surface area (Å²) < 4.78 is 5.82. The molecule has 4 aromatic heterocycles. The highest BCUT2D eigenvalue weighted by Crippen LogP contribution is 2.26. The minimum absolute atomic E-state index is 0.0283. The van der Waals surface area contributed by atoms with E-state index in [0.29, 0.717) is 12.4 Å².